The van der Waals surface area contributed by atoms with E-state index in [4.69, 9.17) is 4.79 Å². The average Bonchev–Trinajstić information content (AvgIpc) is 3.34. The Labute approximate surface area is 195 Å². The molecule has 1 amide bonds. The van der Waals surface area contributed by atoms with Crippen LogP contribution in [0.2, 0.25) is 0 Å². The number of carbonyl (C=O) groups is 1. The number of nitrogens with one attached hydrogen (secondary N) is 2. The lowest BCUT2D eigenvalue weighted by Crippen LogP contribution is -2.36. The molecule has 1 aliphatic carbocycles. The lowest BCUT2D eigenvalue weighted by atomic mass is 9.84. The summed E-state index contributed by atoms with van der Waals surface area (Å²) in [6.45, 7) is 3.78. The summed E-state index contributed by atoms with van der Waals surface area (Å²) in [4.78, 5) is 17.8. The van der Waals surface area contributed by atoms with Crippen molar-refractivity contribution >= 4 is 29.3 Å². The van der Waals surface area contributed by atoms with Gasteiger partial charge in [-0.15, -0.1) is 5.10 Å². The second-order valence-corrected chi connectivity index (χ2v) is 8.64. The molecule has 1 aliphatic rings. The van der Waals surface area contributed by atoms with Crippen LogP contribution in [0.25, 0.3) is 22.4 Å². The predicted molar refractivity (Wildman–Crippen MR) is 126 cm³/mol. The second-order valence-electron chi connectivity index (χ2n) is 8.64. The van der Waals surface area contributed by atoms with Crippen molar-refractivity contribution in [1.82, 2.24) is 29.2 Å². The van der Waals surface area contributed by atoms with Crippen molar-refractivity contribution in [1.29, 1.82) is 0 Å². The number of aliphatic hydroxyl groups is 1. The molecule has 0 saturated heterocycles. The normalized spacial score (nSPS) is 20.1. The molecule has 4 aromatic heterocycles. The molecule has 0 unspecified atom stereocenters. The molecule has 5 rings (SSSR count). The maximum atomic E-state index is 15.1. The van der Waals surface area contributed by atoms with Crippen LogP contribution in [0, 0.1) is 12.7 Å². The van der Waals surface area contributed by atoms with Crippen LogP contribution in [-0.2, 0) is 4.79 Å². The Hall–Kier alpha value is -3.80. The van der Waals surface area contributed by atoms with E-state index in [0.717, 1.165) is 31.2 Å². The van der Waals surface area contributed by atoms with Crippen LogP contribution >= 0.6 is 0 Å². The molecule has 0 spiro atoms. The predicted octanol–water partition coefficient (Wildman–Crippen LogP) is 2.14. The van der Waals surface area contributed by atoms with E-state index in [1.54, 1.807) is 30.0 Å². The Morgan fingerprint density at radius 1 is 1.29 bits per heavy atom. The van der Waals surface area contributed by atoms with Crippen molar-refractivity contribution < 1.29 is 14.3 Å². The lowest BCUT2D eigenvalue weighted by Gasteiger charge is -2.33. The largest absolute Gasteiger partial charge is 0.390 e. The van der Waals surface area contributed by atoms with Crippen LogP contribution < -0.4 is 16.4 Å². The minimum atomic E-state index is -0.612. The quantitative estimate of drug-likeness (QED) is 0.332. The molecule has 1 fully saturated rings. The average molecular weight is 470 g/mol. The number of aromatic nitrogens is 6. The van der Waals surface area contributed by atoms with Gasteiger partial charge in [0.25, 0.3) is 0 Å². The smallest absolute Gasteiger partial charge is 0.243 e. The molecule has 12 heteroatoms. The van der Waals surface area contributed by atoms with Crippen LogP contribution in [0.4, 0.5) is 16.2 Å². The highest BCUT2D eigenvalue weighted by molar-refractivity contribution is 5.88. The van der Waals surface area contributed by atoms with Crippen LogP contribution in [0.15, 0.2) is 24.7 Å². The van der Waals surface area contributed by atoms with Crippen molar-refractivity contribution in [2.45, 2.75) is 51.2 Å². The molecule has 11 nitrogen and oxygen atoms in total. The van der Waals surface area contributed by atoms with E-state index >= 15 is 4.39 Å². The summed E-state index contributed by atoms with van der Waals surface area (Å²) in [5.74, 6) is 0.497. The molecule has 34 heavy (non-hydrogen) atoms. The number of aryl methyl sites for hydroxylation is 1. The van der Waals surface area contributed by atoms with E-state index in [0.29, 0.717) is 34.2 Å². The van der Waals surface area contributed by atoms with E-state index < -0.39 is 11.4 Å². The van der Waals surface area contributed by atoms with Crippen molar-refractivity contribution in [2.24, 2.45) is 5.73 Å². The molecule has 0 aromatic carbocycles. The number of carbonyl (C=O) groups excluding carboxylic acids is 1. The molecule has 4 aromatic rings. The number of fused-ring (bicyclic) bond motifs is 2. The van der Waals surface area contributed by atoms with Gasteiger partial charge in [0.15, 0.2) is 17.3 Å². The number of rotatable bonds is 4. The Morgan fingerprint density at radius 3 is 2.68 bits per heavy atom. The molecule has 0 radical (unpaired) electrons. The summed E-state index contributed by atoms with van der Waals surface area (Å²) in [5.41, 5.74) is 6.49. The van der Waals surface area contributed by atoms with E-state index in [-0.39, 0.29) is 12.5 Å². The first-order valence-corrected chi connectivity index (χ1v) is 11.0. The number of hydrogen-bond donors (Lipinski definition) is 4. The number of nitrogens with zero attached hydrogens (tertiary/aromatic N) is 6. The van der Waals surface area contributed by atoms with E-state index in [2.05, 4.69) is 36.5 Å². The van der Waals surface area contributed by atoms with Gasteiger partial charge in [0, 0.05) is 24.8 Å². The van der Waals surface area contributed by atoms with Gasteiger partial charge < -0.3 is 21.5 Å². The molecule has 180 valence electrons. The number of primary amides is 1. The van der Waals surface area contributed by atoms with Gasteiger partial charge in [0.2, 0.25) is 12.4 Å². The maximum absolute atomic E-state index is 15.1. The first-order chi connectivity index (χ1) is 16.3. The topological polar surface area (TPSA) is 148 Å². The molecule has 0 atom stereocenters. The first-order valence-electron chi connectivity index (χ1n) is 11.0. The third-order valence-electron chi connectivity index (χ3n) is 6.02. The number of hydrogen-bond acceptors (Lipinski definition) is 8. The number of nitrogens with two attached hydrogens (primary N) is 1. The highest BCUT2D eigenvalue weighted by Crippen LogP contribution is 2.33. The van der Waals surface area contributed by atoms with Crippen molar-refractivity contribution in [3.05, 3.63) is 36.0 Å². The van der Waals surface area contributed by atoms with Crippen molar-refractivity contribution in [3.63, 3.8) is 0 Å². The zero-order valence-corrected chi connectivity index (χ0v) is 19.3. The molecule has 1 saturated carbocycles. The van der Waals surface area contributed by atoms with Gasteiger partial charge in [-0.25, -0.2) is 18.4 Å². The highest BCUT2D eigenvalue weighted by atomic mass is 19.1. The van der Waals surface area contributed by atoms with E-state index in [9.17, 15) is 5.11 Å². The molecular weight excluding hydrogens is 441 g/mol. The lowest BCUT2D eigenvalue weighted by molar-refractivity contribution is -0.106. The van der Waals surface area contributed by atoms with Gasteiger partial charge in [0.05, 0.1) is 29.3 Å². The van der Waals surface area contributed by atoms with Gasteiger partial charge in [-0.3, -0.25) is 4.79 Å². The summed E-state index contributed by atoms with van der Waals surface area (Å²) < 4.78 is 18.2. The Kier molecular flexibility index (Phi) is 6.33. The molecule has 5 N–H and O–H groups in total. The minimum absolute atomic E-state index is 0.163. The highest BCUT2D eigenvalue weighted by Gasteiger charge is 2.29. The fraction of sp³-hybridized carbons (Fsp3) is 0.409. The van der Waals surface area contributed by atoms with E-state index in [1.807, 2.05) is 13.8 Å². The minimum Gasteiger partial charge on any atom is -0.390 e. The third kappa shape index (κ3) is 4.49. The van der Waals surface area contributed by atoms with Crippen LogP contribution in [0.5, 0.6) is 0 Å². The van der Waals surface area contributed by atoms with Gasteiger partial charge in [-0.2, -0.15) is 10.1 Å². The first kappa shape index (κ1) is 23.4. The molecule has 0 bridgehead atoms. The summed E-state index contributed by atoms with van der Waals surface area (Å²) in [5, 5.41) is 25.3. The SMILES string of the molecule is CNc1nc(NC2CCC(C)(O)CC2)nn2cc(F)c(-c3ccn4ncc(C)c4n3)c12.NC=O. The number of amides is 1. The van der Waals surface area contributed by atoms with Crippen molar-refractivity contribution in [3.8, 4) is 11.3 Å². The van der Waals surface area contributed by atoms with Gasteiger partial charge in [0.1, 0.15) is 5.52 Å². The van der Waals surface area contributed by atoms with Gasteiger partial charge in [-0.1, -0.05) is 0 Å². The third-order valence-corrected chi connectivity index (χ3v) is 6.02. The number of anilines is 2. The maximum Gasteiger partial charge on any atom is 0.243 e. The second kappa shape index (κ2) is 9.21. The summed E-state index contributed by atoms with van der Waals surface area (Å²) >= 11 is 0. The fourth-order valence-corrected chi connectivity index (χ4v) is 4.22. The Bertz CT molecular complexity index is 1320. The van der Waals surface area contributed by atoms with Crippen LogP contribution in [-0.4, -0.2) is 59.4 Å². The van der Waals surface area contributed by atoms with Crippen molar-refractivity contribution in [2.75, 3.05) is 17.7 Å². The Morgan fingerprint density at radius 2 is 2.00 bits per heavy atom. The molecule has 0 aliphatic heterocycles. The Balaban J connectivity index is 0.000000868. The standard InChI is InChI=1S/C21H25FN8O.CH3NO/c1-12-10-24-29-9-6-15(26-19(12)29)16-14(22)11-30-17(16)18(23-3)27-20(28-30)25-13-4-7-21(2,31)8-5-13;2-1-3/h6,9-11,13,31H,4-5,7-8H2,1-3H3,(H2,23,25,27,28);1H,(H2,2,3). The zero-order valence-electron chi connectivity index (χ0n) is 19.3. The zero-order chi connectivity index (χ0) is 24.5. The van der Waals surface area contributed by atoms with E-state index in [1.165, 1.54) is 10.7 Å². The fourth-order valence-electron chi connectivity index (χ4n) is 4.22. The molecular formula is C22H28FN9O2. The summed E-state index contributed by atoms with van der Waals surface area (Å²) in [7, 11) is 1.75. The van der Waals surface area contributed by atoms with Crippen LogP contribution in [0.1, 0.15) is 38.2 Å². The number of halogens is 1. The van der Waals surface area contributed by atoms with Gasteiger partial charge in [-0.05, 0) is 45.6 Å². The monoisotopic (exact) mass is 469 g/mol. The van der Waals surface area contributed by atoms with Gasteiger partial charge >= 0.3 is 0 Å². The summed E-state index contributed by atoms with van der Waals surface area (Å²) in [6.07, 6.45) is 8.17. The van der Waals surface area contributed by atoms with Crippen LogP contribution in [0.3, 0.4) is 0 Å². The molecule has 4 heterocycles. The summed E-state index contributed by atoms with van der Waals surface area (Å²) in [6, 6.07) is 1.90.